The zero-order valence-electron chi connectivity index (χ0n) is 14.3. The van der Waals surface area contributed by atoms with Gasteiger partial charge in [-0.25, -0.2) is 0 Å². The first-order valence-electron chi connectivity index (χ1n) is 7.99. The summed E-state index contributed by atoms with van der Waals surface area (Å²) in [7, 11) is 0. The molecule has 0 saturated carbocycles. The predicted molar refractivity (Wildman–Crippen MR) is 97.7 cm³/mol. The Labute approximate surface area is 157 Å². The SMILES string of the molecule is CSCc1c(C(=O)NCc2ccc(OC(F)(F)F)cc2)oc2ccccc12. The minimum atomic E-state index is -4.73. The highest BCUT2D eigenvalue weighted by Crippen LogP contribution is 2.29. The van der Waals surface area contributed by atoms with Crippen LogP contribution in [0.1, 0.15) is 21.7 Å². The second-order valence-corrected chi connectivity index (χ2v) is 6.58. The predicted octanol–water partition coefficient (Wildman–Crippen LogP) is 5.12. The fourth-order valence-electron chi connectivity index (χ4n) is 2.64. The third-order valence-electron chi connectivity index (χ3n) is 3.80. The lowest BCUT2D eigenvalue weighted by Crippen LogP contribution is -2.23. The minimum Gasteiger partial charge on any atom is -0.451 e. The highest BCUT2D eigenvalue weighted by molar-refractivity contribution is 7.97. The second kappa shape index (κ2) is 7.96. The van der Waals surface area contributed by atoms with Crippen molar-refractivity contribution in [2.45, 2.75) is 18.7 Å². The number of para-hydroxylation sites is 1. The molecule has 3 rings (SSSR count). The molecule has 0 aliphatic carbocycles. The average molecular weight is 395 g/mol. The van der Waals surface area contributed by atoms with Crippen molar-refractivity contribution in [3.05, 3.63) is 65.4 Å². The van der Waals surface area contributed by atoms with Gasteiger partial charge in [0.1, 0.15) is 11.3 Å². The van der Waals surface area contributed by atoms with Crippen LogP contribution in [-0.2, 0) is 12.3 Å². The van der Waals surface area contributed by atoms with Crippen molar-refractivity contribution >= 4 is 28.6 Å². The van der Waals surface area contributed by atoms with Gasteiger partial charge in [-0.2, -0.15) is 11.8 Å². The van der Waals surface area contributed by atoms with Crippen molar-refractivity contribution in [3.63, 3.8) is 0 Å². The number of fused-ring (bicyclic) bond motifs is 1. The molecular formula is C19H16F3NO3S. The van der Waals surface area contributed by atoms with Crippen molar-refractivity contribution < 1.29 is 27.1 Å². The smallest absolute Gasteiger partial charge is 0.451 e. The number of rotatable bonds is 6. The minimum absolute atomic E-state index is 0.154. The number of carbonyl (C=O) groups excluding carboxylic acids is 1. The normalized spacial score (nSPS) is 11.6. The molecule has 0 fully saturated rings. The molecule has 27 heavy (non-hydrogen) atoms. The highest BCUT2D eigenvalue weighted by Gasteiger charge is 2.31. The molecule has 0 saturated heterocycles. The van der Waals surface area contributed by atoms with Crippen molar-refractivity contribution in [2.75, 3.05) is 6.26 Å². The van der Waals surface area contributed by atoms with Gasteiger partial charge in [0.2, 0.25) is 0 Å². The zero-order valence-corrected chi connectivity index (χ0v) is 15.1. The summed E-state index contributed by atoms with van der Waals surface area (Å²) in [6.45, 7) is 0.154. The van der Waals surface area contributed by atoms with Crippen LogP contribution in [0, 0.1) is 0 Å². The van der Waals surface area contributed by atoms with Gasteiger partial charge in [-0.05, 0) is 30.0 Å². The van der Waals surface area contributed by atoms with Crippen LogP contribution >= 0.6 is 11.8 Å². The molecule has 1 aromatic heterocycles. The van der Waals surface area contributed by atoms with Crippen molar-refractivity contribution in [2.24, 2.45) is 0 Å². The van der Waals surface area contributed by atoms with E-state index in [0.717, 1.165) is 10.9 Å². The van der Waals surface area contributed by atoms with Gasteiger partial charge < -0.3 is 14.5 Å². The maximum Gasteiger partial charge on any atom is 0.573 e. The van der Waals surface area contributed by atoms with Gasteiger partial charge in [0.15, 0.2) is 5.76 Å². The van der Waals surface area contributed by atoms with E-state index in [-0.39, 0.29) is 24.0 Å². The van der Waals surface area contributed by atoms with E-state index in [2.05, 4.69) is 10.1 Å². The Balaban J connectivity index is 1.71. The van der Waals surface area contributed by atoms with Gasteiger partial charge in [0, 0.05) is 23.2 Å². The summed E-state index contributed by atoms with van der Waals surface area (Å²) in [5.74, 6) is 0.203. The lowest BCUT2D eigenvalue weighted by Gasteiger charge is -2.09. The number of ether oxygens (including phenoxy) is 1. The summed E-state index contributed by atoms with van der Waals surface area (Å²) in [5, 5.41) is 3.63. The molecule has 3 aromatic rings. The third kappa shape index (κ3) is 4.77. The standard InChI is InChI=1S/C19H16F3NO3S/c1-27-11-15-14-4-2-3-5-16(14)25-17(15)18(24)23-10-12-6-8-13(9-7-12)26-19(20,21)22/h2-9H,10-11H2,1H3,(H,23,24). The number of thioether (sulfide) groups is 1. The van der Waals surface area contributed by atoms with Gasteiger partial charge in [-0.1, -0.05) is 30.3 Å². The zero-order chi connectivity index (χ0) is 19.4. The molecular weight excluding hydrogens is 379 g/mol. The van der Waals surface area contributed by atoms with Crippen LogP contribution < -0.4 is 10.1 Å². The molecule has 0 aliphatic rings. The number of benzene rings is 2. The molecule has 0 unspecified atom stereocenters. The summed E-state index contributed by atoms with van der Waals surface area (Å²) < 4.78 is 46.1. The first-order valence-corrected chi connectivity index (χ1v) is 9.39. The van der Waals surface area contributed by atoms with E-state index in [4.69, 9.17) is 4.42 Å². The maximum atomic E-state index is 12.6. The fraction of sp³-hybridized carbons (Fsp3) is 0.211. The van der Waals surface area contributed by atoms with E-state index in [1.165, 1.54) is 24.3 Å². The number of alkyl halides is 3. The molecule has 142 valence electrons. The van der Waals surface area contributed by atoms with Crippen LogP contribution in [0.25, 0.3) is 11.0 Å². The van der Waals surface area contributed by atoms with Gasteiger partial charge in [0.25, 0.3) is 5.91 Å². The Morgan fingerprint density at radius 1 is 1.15 bits per heavy atom. The fourth-order valence-corrected chi connectivity index (χ4v) is 3.22. The lowest BCUT2D eigenvalue weighted by molar-refractivity contribution is -0.274. The van der Waals surface area contributed by atoms with E-state index >= 15 is 0 Å². The molecule has 0 radical (unpaired) electrons. The van der Waals surface area contributed by atoms with E-state index in [1.54, 1.807) is 17.8 Å². The molecule has 1 N–H and O–H groups in total. The molecule has 0 atom stereocenters. The Bertz CT molecular complexity index is 936. The van der Waals surface area contributed by atoms with E-state index < -0.39 is 6.36 Å². The lowest BCUT2D eigenvalue weighted by atomic mass is 10.1. The Hall–Kier alpha value is -2.61. The van der Waals surface area contributed by atoms with Gasteiger partial charge in [-0.3, -0.25) is 4.79 Å². The molecule has 0 aliphatic heterocycles. The number of hydrogen-bond acceptors (Lipinski definition) is 4. The van der Waals surface area contributed by atoms with Gasteiger partial charge >= 0.3 is 6.36 Å². The van der Waals surface area contributed by atoms with Crippen LogP contribution in [0.15, 0.2) is 52.9 Å². The maximum absolute atomic E-state index is 12.6. The van der Waals surface area contributed by atoms with Crippen molar-refractivity contribution in [3.8, 4) is 5.75 Å². The third-order valence-corrected chi connectivity index (χ3v) is 4.38. The number of furan rings is 1. The monoisotopic (exact) mass is 395 g/mol. The molecule has 4 nitrogen and oxygen atoms in total. The van der Waals surface area contributed by atoms with Gasteiger partial charge in [-0.15, -0.1) is 13.2 Å². The van der Waals surface area contributed by atoms with Crippen LogP contribution in [0.3, 0.4) is 0 Å². The molecule has 8 heteroatoms. The molecule has 0 bridgehead atoms. The summed E-state index contributed by atoms with van der Waals surface area (Å²) in [6.07, 6.45) is -2.79. The average Bonchev–Trinajstić information content (AvgIpc) is 2.99. The quantitative estimate of drug-likeness (QED) is 0.629. The first-order chi connectivity index (χ1) is 12.9. The van der Waals surface area contributed by atoms with Crippen LogP contribution in [0.2, 0.25) is 0 Å². The largest absolute Gasteiger partial charge is 0.573 e. The summed E-state index contributed by atoms with van der Waals surface area (Å²) >= 11 is 1.58. The summed E-state index contributed by atoms with van der Waals surface area (Å²) in [4.78, 5) is 12.6. The van der Waals surface area contributed by atoms with Gasteiger partial charge in [0.05, 0.1) is 0 Å². The summed E-state index contributed by atoms with van der Waals surface area (Å²) in [6, 6.07) is 12.8. The molecule has 1 amide bonds. The highest BCUT2D eigenvalue weighted by atomic mass is 32.2. The first kappa shape index (κ1) is 19.2. The van der Waals surface area contributed by atoms with E-state index in [9.17, 15) is 18.0 Å². The Morgan fingerprint density at radius 2 is 1.85 bits per heavy atom. The van der Waals surface area contributed by atoms with Crippen LogP contribution in [0.4, 0.5) is 13.2 Å². The van der Waals surface area contributed by atoms with Crippen LogP contribution in [0.5, 0.6) is 5.75 Å². The topological polar surface area (TPSA) is 51.5 Å². The molecule has 2 aromatic carbocycles. The number of halogens is 3. The number of hydrogen-bond donors (Lipinski definition) is 1. The Morgan fingerprint density at radius 3 is 2.52 bits per heavy atom. The van der Waals surface area contributed by atoms with Crippen molar-refractivity contribution in [1.82, 2.24) is 5.32 Å². The summed E-state index contributed by atoms with van der Waals surface area (Å²) in [5.41, 5.74) is 2.10. The number of carbonyl (C=O) groups is 1. The molecule has 0 spiro atoms. The van der Waals surface area contributed by atoms with E-state index in [0.29, 0.717) is 16.9 Å². The van der Waals surface area contributed by atoms with Crippen LogP contribution in [-0.4, -0.2) is 18.5 Å². The van der Waals surface area contributed by atoms with E-state index in [1.807, 2.05) is 24.5 Å². The second-order valence-electron chi connectivity index (χ2n) is 5.71. The number of amides is 1. The van der Waals surface area contributed by atoms with Crippen molar-refractivity contribution in [1.29, 1.82) is 0 Å². The number of nitrogens with one attached hydrogen (secondary N) is 1. The molecule has 1 heterocycles. The Kier molecular flexibility index (Phi) is 5.65.